The number of aromatic nitrogens is 2. The van der Waals surface area contributed by atoms with Crippen LogP contribution in [-0.4, -0.2) is 15.7 Å². The molecule has 0 radical (unpaired) electrons. The van der Waals surface area contributed by atoms with Crippen LogP contribution >= 0.6 is 0 Å². The molecule has 3 nitrogen and oxygen atoms in total. The molecular weight excluding hydrogens is 234 g/mol. The minimum absolute atomic E-state index is 0.746. The molecule has 0 bridgehead atoms. The zero-order chi connectivity index (χ0) is 13.5. The van der Waals surface area contributed by atoms with Crippen molar-refractivity contribution >= 4 is 5.71 Å². The van der Waals surface area contributed by atoms with Crippen LogP contribution in [0.4, 0.5) is 0 Å². The van der Waals surface area contributed by atoms with E-state index in [0.29, 0.717) is 0 Å². The zero-order valence-corrected chi connectivity index (χ0v) is 10.8. The van der Waals surface area contributed by atoms with Crippen LogP contribution in [0.1, 0.15) is 12.6 Å². The number of rotatable bonds is 4. The second-order valence-electron chi connectivity index (χ2n) is 3.82. The SMILES string of the molecule is C=C/C(=N\C=C/C)c1cccc(-c2ccccn2)n1. The summed E-state index contributed by atoms with van der Waals surface area (Å²) in [6.45, 7) is 5.69. The van der Waals surface area contributed by atoms with Crippen LogP contribution in [0.15, 0.2) is 72.5 Å². The first kappa shape index (κ1) is 12.9. The van der Waals surface area contributed by atoms with Gasteiger partial charge >= 0.3 is 0 Å². The number of allylic oxidation sites excluding steroid dienone is 2. The second-order valence-corrected chi connectivity index (χ2v) is 3.82. The van der Waals surface area contributed by atoms with Gasteiger partial charge in [0.25, 0.3) is 0 Å². The Balaban J connectivity index is 2.42. The molecule has 0 spiro atoms. The largest absolute Gasteiger partial charge is 0.255 e. The smallest absolute Gasteiger partial charge is 0.0894 e. The molecule has 3 heteroatoms. The molecule has 0 atom stereocenters. The molecule has 0 aliphatic carbocycles. The summed E-state index contributed by atoms with van der Waals surface area (Å²) in [5, 5.41) is 0. The predicted octanol–water partition coefficient (Wildman–Crippen LogP) is 3.65. The highest BCUT2D eigenvalue weighted by molar-refractivity contribution is 6.07. The van der Waals surface area contributed by atoms with Crippen LogP contribution < -0.4 is 0 Å². The van der Waals surface area contributed by atoms with E-state index >= 15 is 0 Å². The van der Waals surface area contributed by atoms with Crippen molar-refractivity contribution in [3.8, 4) is 11.4 Å². The second kappa shape index (κ2) is 6.40. The summed E-state index contributed by atoms with van der Waals surface area (Å²) in [6.07, 6.45) is 7.05. The molecule has 2 heterocycles. The van der Waals surface area contributed by atoms with E-state index in [1.54, 1.807) is 18.5 Å². The molecule has 0 unspecified atom stereocenters. The maximum atomic E-state index is 4.57. The van der Waals surface area contributed by atoms with Crippen molar-refractivity contribution in [1.29, 1.82) is 0 Å². The molecule has 2 aromatic rings. The highest BCUT2D eigenvalue weighted by Crippen LogP contribution is 2.14. The van der Waals surface area contributed by atoms with Crippen molar-refractivity contribution in [2.24, 2.45) is 4.99 Å². The molecule has 2 rings (SSSR count). The molecule has 0 fully saturated rings. The lowest BCUT2D eigenvalue weighted by Gasteiger charge is -2.03. The third-order valence-electron chi connectivity index (χ3n) is 2.49. The fraction of sp³-hybridized carbons (Fsp3) is 0.0625. The van der Waals surface area contributed by atoms with E-state index in [-0.39, 0.29) is 0 Å². The summed E-state index contributed by atoms with van der Waals surface area (Å²) in [7, 11) is 0. The van der Waals surface area contributed by atoms with Crippen LogP contribution in [0.3, 0.4) is 0 Å². The Labute approximate surface area is 113 Å². The maximum Gasteiger partial charge on any atom is 0.0894 e. The first-order valence-corrected chi connectivity index (χ1v) is 6.05. The van der Waals surface area contributed by atoms with Gasteiger partial charge in [0, 0.05) is 12.4 Å². The first-order valence-electron chi connectivity index (χ1n) is 6.05. The number of nitrogens with zero attached hydrogens (tertiary/aromatic N) is 3. The highest BCUT2D eigenvalue weighted by atomic mass is 14.8. The highest BCUT2D eigenvalue weighted by Gasteiger charge is 2.04. The summed E-state index contributed by atoms with van der Waals surface area (Å²) in [5.74, 6) is 0. The van der Waals surface area contributed by atoms with E-state index in [0.717, 1.165) is 22.8 Å². The summed E-state index contributed by atoms with van der Waals surface area (Å²) in [4.78, 5) is 13.2. The van der Waals surface area contributed by atoms with Gasteiger partial charge in [-0.05, 0) is 37.3 Å². The molecule has 2 aromatic heterocycles. The Bertz CT molecular complexity index is 613. The summed E-state index contributed by atoms with van der Waals surface area (Å²) < 4.78 is 0. The quantitative estimate of drug-likeness (QED) is 0.776. The standard InChI is InChI=1S/C16H15N3/c1-3-11-17-13(4-2)15-9-7-10-16(19-15)14-8-5-6-12-18-14/h3-12H,2H2,1H3/b11-3-,17-13+. The lowest BCUT2D eigenvalue weighted by molar-refractivity contribution is 1.23. The van der Waals surface area contributed by atoms with Gasteiger partial charge in [0.1, 0.15) is 0 Å². The van der Waals surface area contributed by atoms with Gasteiger partial charge in [-0.3, -0.25) is 9.98 Å². The monoisotopic (exact) mass is 249 g/mol. The number of pyridine rings is 2. The van der Waals surface area contributed by atoms with Gasteiger partial charge in [0.15, 0.2) is 0 Å². The Morgan fingerprint density at radius 3 is 2.68 bits per heavy atom. The van der Waals surface area contributed by atoms with Crippen molar-refractivity contribution in [2.75, 3.05) is 0 Å². The van der Waals surface area contributed by atoms with Crippen LogP contribution in [0.2, 0.25) is 0 Å². The van der Waals surface area contributed by atoms with E-state index in [1.165, 1.54) is 0 Å². The van der Waals surface area contributed by atoms with Crippen molar-refractivity contribution in [3.05, 3.63) is 73.2 Å². The molecule has 0 aliphatic rings. The van der Waals surface area contributed by atoms with Gasteiger partial charge in [0.2, 0.25) is 0 Å². The number of hydrogen-bond donors (Lipinski definition) is 0. The lowest BCUT2D eigenvalue weighted by atomic mass is 10.2. The van der Waals surface area contributed by atoms with E-state index in [4.69, 9.17) is 0 Å². The molecule has 0 aliphatic heterocycles. The maximum absolute atomic E-state index is 4.57. The minimum Gasteiger partial charge on any atom is -0.255 e. The van der Waals surface area contributed by atoms with Gasteiger partial charge in [-0.1, -0.05) is 24.8 Å². The third kappa shape index (κ3) is 3.22. The Kier molecular flexibility index (Phi) is 4.34. The summed E-state index contributed by atoms with van der Waals surface area (Å²) >= 11 is 0. The molecule has 0 saturated heterocycles. The van der Waals surface area contributed by atoms with Gasteiger partial charge in [-0.2, -0.15) is 0 Å². The van der Waals surface area contributed by atoms with Crippen LogP contribution in [0, 0.1) is 0 Å². The molecule has 19 heavy (non-hydrogen) atoms. The van der Waals surface area contributed by atoms with Gasteiger partial charge in [-0.25, -0.2) is 4.98 Å². The number of aliphatic imine (C=N–C) groups is 1. The minimum atomic E-state index is 0.746. The molecule has 0 aromatic carbocycles. The van der Waals surface area contributed by atoms with E-state index in [1.807, 2.05) is 49.4 Å². The van der Waals surface area contributed by atoms with Crippen LogP contribution in [0.5, 0.6) is 0 Å². The summed E-state index contributed by atoms with van der Waals surface area (Å²) in [6, 6.07) is 11.6. The molecule has 94 valence electrons. The van der Waals surface area contributed by atoms with E-state index in [2.05, 4.69) is 21.5 Å². The van der Waals surface area contributed by atoms with Crippen molar-refractivity contribution in [1.82, 2.24) is 9.97 Å². The summed E-state index contributed by atoms with van der Waals surface area (Å²) in [5.41, 5.74) is 3.21. The average molecular weight is 249 g/mol. The van der Waals surface area contributed by atoms with Crippen molar-refractivity contribution in [3.63, 3.8) is 0 Å². The van der Waals surface area contributed by atoms with Gasteiger partial charge < -0.3 is 0 Å². The van der Waals surface area contributed by atoms with Crippen molar-refractivity contribution in [2.45, 2.75) is 6.92 Å². The Hall–Kier alpha value is -2.55. The Morgan fingerprint density at radius 2 is 2.00 bits per heavy atom. The van der Waals surface area contributed by atoms with Gasteiger partial charge in [-0.15, -0.1) is 0 Å². The first-order chi connectivity index (χ1) is 9.35. The van der Waals surface area contributed by atoms with E-state index < -0.39 is 0 Å². The van der Waals surface area contributed by atoms with Crippen molar-refractivity contribution < 1.29 is 0 Å². The van der Waals surface area contributed by atoms with Crippen LogP contribution in [0.25, 0.3) is 11.4 Å². The van der Waals surface area contributed by atoms with Gasteiger partial charge in [0.05, 0.1) is 22.8 Å². The lowest BCUT2D eigenvalue weighted by Crippen LogP contribution is -2.00. The molecular formula is C16H15N3. The zero-order valence-electron chi connectivity index (χ0n) is 10.8. The fourth-order valence-corrected chi connectivity index (χ4v) is 1.61. The molecule has 0 amide bonds. The molecule has 0 N–H and O–H groups in total. The topological polar surface area (TPSA) is 38.1 Å². The number of hydrogen-bond acceptors (Lipinski definition) is 3. The fourth-order valence-electron chi connectivity index (χ4n) is 1.61. The molecule has 0 saturated carbocycles. The van der Waals surface area contributed by atoms with E-state index in [9.17, 15) is 0 Å². The average Bonchev–Trinajstić information content (AvgIpc) is 2.49. The normalized spacial score (nSPS) is 11.7. The third-order valence-corrected chi connectivity index (χ3v) is 2.49. The Morgan fingerprint density at radius 1 is 1.16 bits per heavy atom. The van der Waals surface area contributed by atoms with Crippen LogP contribution in [-0.2, 0) is 0 Å². The predicted molar refractivity (Wildman–Crippen MR) is 79.0 cm³/mol.